The molecule has 11 heteroatoms. The van der Waals surface area contributed by atoms with Crippen LogP contribution in [0.25, 0.3) is 0 Å². The molecule has 2 heterocycles. The van der Waals surface area contributed by atoms with Gasteiger partial charge in [0.2, 0.25) is 0 Å². The van der Waals surface area contributed by atoms with Crippen LogP contribution in [0.4, 0.5) is 22.6 Å². The SMILES string of the molecule is COCC(C)(C)NC(=O)c1c(NC(=O)c2c(F)cccc2C(F)(F)F)sc2c1CCOC2. The molecule has 0 saturated heterocycles. The van der Waals surface area contributed by atoms with Gasteiger partial charge in [-0.25, -0.2) is 4.39 Å². The lowest BCUT2D eigenvalue weighted by Gasteiger charge is -2.26. The Morgan fingerprint density at radius 3 is 2.56 bits per heavy atom. The molecule has 0 bridgehead atoms. The van der Waals surface area contributed by atoms with Crippen LogP contribution in [0.15, 0.2) is 18.2 Å². The van der Waals surface area contributed by atoms with Crippen molar-refractivity contribution in [1.82, 2.24) is 5.32 Å². The largest absolute Gasteiger partial charge is 0.417 e. The van der Waals surface area contributed by atoms with Crippen molar-refractivity contribution in [3.63, 3.8) is 0 Å². The fourth-order valence-corrected chi connectivity index (χ4v) is 4.66. The lowest BCUT2D eigenvalue weighted by atomic mass is 10.0. The van der Waals surface area contributed by atoms with Crippen molar-refractivity contribution < 1.29 is 36.6 Å². The zero-order valence-electron chi connectivity index (χ0n) is 17.6. The number of thiophene rings is 1. The highest BCUT2D eigenvalue weighted by atomic mass is 32.1. The minimum absolute atomic E-state index is 0.0348. The normalized spacial score (nSPS) is 14.1. The molecular formula is C21H22F4N2O4S. The molecule has 2 amide bonds. The Hall–Kier alpha value is -2.50. The molecule has 1 aliphatic rings. The van der Waals surface area contributed by atoms with E-state index in [1.165, 1.54) is 7.11 Å². The Morgan fingerprint density at radius 1 is 1.19 bits per heavy atom. The quantitative estimate of drug-likeness (QED) is 0.609. The summed E-state index contributed by atoms with van der Waals surface area (Å²) in [6.07, 6.45) is -4.54. The number of amides is 2. The van der Waals surface area contributed by atoms with E-state index in [1.54, 1.807) is 13.8 Å². The van der Waals surface area contributed by atoms with Crippen LogP contribution in [0, 0.1) is 5.82 Å². The second kappa shape index (κ2) is 9.16. The number of methoxy groups -OCH3 is 1. The Kier molecular flexibility index (Phi) is 6.91. The van der Waals surface area contributed by atoms with E-state index in [0.29, 0.717) is 29.5 Å². The fraction of sp³-hybridized carbons (Fsp3) is 0.429. The number of hydrogen-bond donors (Lipinski definition) is 2. The minimum atomic E-state index is -4.93. The van der Waals surface area contributed by atoms with Crippen LogP contribution >= 0.6 is 11.3 Å². The van der Waals surface area contributed by atoms with E-state index in [4.69, 9.17) is 9.47 Å². The topological polar surface area (TPSA) is 76.7 Å². The number of alkyl halides is 3. The van der Waals surface area contributed by atoms with Crippen LogP contribution in [0.5, 0.6) is 0 Å². The number of fused-ring (bicyclic) bond motifs is 1. The van der Waals surface area contributed by atoms with Gasteiger partial charge < -0.3 is 20.1 Å². The van der Waals surface area contributed by atoms with E-state index in [9.17, 15) is 27.2 Å². The van der Waals surface area contributed by atoms with Crippen molar-refractivity contribution in [3.05, 3.63) is 51.1 Å². The van der Waals surface area contributed by atoms with E-state index in [2.05, 4.69) is 10.6 Å². The van der Waals surface area contributed by atoms with Crippen molar-refractivity contribution in [2.75, 3.05) is 25.6 Å². The molecule has 0 atom stereocenters. The first kappa shape index (κ1) is 24.1. The number of hydrogen-bond acceptors (Lipinski definition) is 5. The zero-order chi connectivity index (χ0) is 23.7. The van der Waals surface area contributed by atoms with Gasteiger partial charge in [-0.05, 0) is 38.0 Å². The highest BCUT2D eigenvalue weighted by Crippen LogP contribution is 2.38. The number of benzene rings is 1. The van der Waals surface area contributed by atoms with Crippen molar-refractivity contribution >= 4 is 28.2 Å². The Morgan fingerprint density at radius 2 is 1.91 bits per heavy atom. The van der Waals surface area contributed by atoms with Gasteiger partial charge in [-0.2, -0.15) is 13.2 Å². The molecular weight excluding hydrogens is 452 g/mol. The van der Waals surface area contributed by atoms with E-state index in [0.717, 1.165) is 23.5 Å². The minimum Gasteiger partial charge on any atom is -0.382 e. The molecule has 3 rings (SSSR count). The summed E-state index contributed by atoms with van der Waals surface area (Å²) in [5.41, 5.74) is -2.50. The van der Waals surface area contributed by atoms with Crippen molar-refractivity contribution in [1.29, 1.82) is 0 Å². The predicted molar refractivity (Wildman–Crippen MR) is 110 cm³/mol. The van der Waals surface area contributed by atoms with Gasteiger partial charge >= 0.3 is 6.18 Å². The summed E-state index contributed by atoms with van der Waals surface area (Å²) in [7, 11) is 1.48. The summed E-state index contributed by atoms with van der Waals surface area (Å²) in [6, 6.07) is 2.29. The molecule has 0 radical (unpaired) electrons. The predicted octanol–water partition coefficient (Wildman–Crippen LogP) is 4.39. The fourth-order valence-electron chi connectivity index (χ4n) is 3.48. The molecule has 2 aromatic rings. The van der Waals surface area contributed by atoms with Gasteiger partial charge in [0.1, 0.15) is 10.8 Å². The lowest BCUT2D eigenvalue weighted by molar-refractivity contribution is -0.138. The maximum absolute atomic E-state index is 14.3. The molecule has 6 nitrogen and oxygen atoms in total. The monoisotopic (exact) mass is 474 g/mol. The first-order chi connectivity index (χ1) is 14.9. The number of carbonyl (C=O) groups excluding carboxylic acids is 2. The van der Waals surface area contributed by atoms with Crippen molar-refractivity contribution in [3.8, 4) is 0 Å². The highest BCUT2D eigenvalue weighted by Gasteiger charge is 2.37. The molecule has 0 spiro atoms. The van der Waals surface area contributed by atoms with Gasteiger partial charge in [-0.15, -0.1) is 11.3 Å². The standard InChI is InChI=1S/C21H22F4N2O4S/c1-20(2,10-30-3)27-18(29)15-11-7-8-31-9-14(11)32-19(15)26-17(28)16-12(21(23,24)25)5-4-6-13(16)22/h4-6H,7-10H2,1-3H3,(H,26,28)(H,27,29). The molecule has 0 aliphatic carbocycles. The van der Waals surface area contributed by atoms with E-state index in [-0.39, 0.29) is 23.8 Å². The zero-order valence-corrected chi connectivity index (χ0v) is 18.4. The van der Waals surface area contributed by atoms with E-state index in [1.807, 2.05) is 0 Å². The van der Waals surface area contributed by atoms with E-state index < -0.39 is 40.5 Å². The second-order valence-corrected chi connectivity index (χ2v) is 9.00. The van der Waals surface area contributed by atoms with E-state index >= 15 is 0 Å². The van der Waals surface area contributed by atoms with Gasteiger partial charge in [0.25, 0.3) is 11.8 Å². The van der Waals surface area contributed by atoms with Crippen LogP contribution < -0.4 is 10.6 Å². The molecule has 0 unspecified atom stereocenters. The highest BCUT2D eigenvalue weighted by molar-refractivity contribution is 7.17. The Bertz CT molecular complexity index is 1030. The molecule has 0 fully saturated rings. The molecule has 2 N–H and O–H groups in total. The molecule has 174 valence electrons. The number of halogens is 4. The maximum Gasteiger partial charge on any atom is 0.417 e. The molecule has 1 aromatic carbocycles. The summed E-state index contributed by atoms with van der Waals surface area (Å²) in [4.78, 5) is 26.5. The van der Waals surface area contributed by atoms with Crippen molar-refractivity contribution in [2.24, 2.45) is 0 Å². The van der Waals surface area contributed by atoms with Crippen LogP contribution in [-0.2, 0) is 28.7 Å². The van der Waals surface area contributed by atoms with Gasteiger partial charge in [0.15, 0.2) is 0 Å². The summed E-state index contributed by atoms with van der Waals surface area (Å²) in [6.45, 7) is 4.24. The first-order valence-electron chi connectivity index (χ1n) is 9.65. The lowest BCUT2D eigenvalue weighted by Crippen LogP contribution is -2.47. The number of rotatable bonds is 6. The number of ether oxygens (including phenoxy) is 2. The molecule has 0 saturated carbocycles. The third kappa shape index (κ3) is 5.11. The van der Waals surface area contributed by atoms with Gasteiger partial charge in [-0.3, -0.25) is 9.59 Å². The van der Waals surface area contributed by atoms with Gasteiger partial charge in [-0.1, -0.05) is 6.07 Å². The smallest absolute Gasteiger partial charge is 0.382 e. The summed E-state index contributed by atoms with van der Waals surface area (Å²) >= 11 is 1.02. The second-order valence-electron chi connectivity index (χ2n) is 7.90. The van der Waals surface area contributed by atoms with Crippen LogP contribution in [0.1, 0.15) is 50.6 Å². The van der Waals surface area contributed by atoms with Crippen LogP contribution in [0.2, 0.25) is 0 Å². The van der Waals surface area contributed by atoms with Gasteiger partial charge in [0, 0.05) is 12.0 Å². The third-order valence-corrected chi connectivity index (χ3v) is 5.90. The van der Waals surface area contributed by atoms with Crippen LogP contribution in [0.3, 0.4) is 0 Å². The first-order valence-corrected chi connectivity index (χ1v) is 10.5. The van der Waals surface area contributed by atoms with Crippen molar-refractivity contribution in [2.45, 2.75) is 38.6 Å². The number of nitrogens with one attached hydrogen (secondary N) is 2. The summed E-state index contributed by atoms with van der Waals surface area (Å²) in [5.74, 6) is -3.12. The van der Waals surface area contributed by atoms with Crippen LogP contribution in [-0.4, -0.2) is 37.7 Å². The third-order valence-electron chi connectivity index (χ3n) is 4.78. The molecule has 1 aliphatic heterocycles. The summed E-state index contributed by atoms with van der Waals surface area (Å²) < 4.78 is 64.8. The average molecular weight is 474 g/mol. The number of anilines is 1. The Balaban J connectivity index is 2.00. The number of carbonyl (C=O) groups is 2. The van der Waals surface area contributed by atoms with Gasteiger partial charge in [0.05, 0.1) is 42.0 Å². The maximum atomic E-state index is 14.3. The average Bonchev–Trinajstić information content (AvgIpc) is 3.04. The Labute approximate surface area is 185 Å². The summed E-state index contributed by atoms with van der Waals surface area (Å²) in [5, 5.41) is 5.17. The molecule has 1 aromatic heterocycles. The molecule has 32 heavy (non-hydrogen) atoms.